The van der Waals surface area contributed by atoms with Crippen LogP contribution in [0, 0.1) is 12.1 Å². The number of hydrogen-bond donors (Lipinski definition) is 0. The summed E-state index contributed by atoms with van der Waals surface area (Å²) >= 11 is 0. The highest BCUT2D eigenvalue weighted by molar-refractivity contribution is 5.78. The van der Waals surface area contributed by atoms with Crippen LogP contribution in [0.5, 0.6) is 0 Å². The minimum absolute atomic E-state index is 0.249. The lowest BCUT2D eigenvalue weighted by Crippen LogP contribution is -2.29. The summed E-state index contributed by atoms with van der Waals surface area (Å²) in [4.78, 5) is 4.97. The van der Waals surface area contributed by atoms with E-state index < -0.39 is 0 Å². The predicted octanol–water partition coefficient (Wildman–Crippen LogP) is 7.82. The van der Waals surface area contributed by atoms with Crippen LogP contribution in [-0.2, 0) is 6.54 Å². The van der Waals surface area contributed by atoms with Crippen LogP contribution >= 0.6 is 0 Å². The number of nitrogens with zero attached hydrogens (tertiary/aromatic N) is 3. The highest BCUT2D eigenvalue weighted by Gasteiger charge is 2.20. The summed E-state index contributed by atoms with van der Waals surface area (Å²) in [6.45, 7) is 16.5. The van der Waals surface area contributed by atoms with E-state index >= 15 is 0 Å². The predicted molar refractivity (Wildman–Crippen MR) is 141 cm³/mol. The Labute approximate surface area is 209 Å². The van der Waals surface area contributed by atoms with Crippen molar-refractivity contribution in [2.24, 2.45) is 0 Å². The monoisotopic (exact) mass is 469 g/mol. The van der Waals surface area contributed by atoms with Crippen LogP contribution in [0.15, 0.2) is 60.9 Å². The lowest BCUT2D eigenvalue weighted by atomic mass is 9.81. The molecule has 2 aromatic heterocycles. The largest absolute Gasteiger partial charge is 0.320 e. The van der Waals surface area contributed by atoms with Gasteiger partial charge in [-0.3, -0.25) is 4.98 Å². The van der Waals surface area contributed by atoms with Crippen LogP contribution in [-0.4, -0.2) is 9.55 Å². The van der Waals surface area contributed by atoms with Crippen molar-refractivity contribution in [1.29, 1.82) is 0 Å². The molecule has 4 rings (SSSR count). The Morgan fingerprint density at radius 3 is 2.00 bits per heavy atom. The zero-order valence-electron chi connectivity index (χ0n) is 21.9. The number of aromatic nitrogens is 3. The van der Waals surface area contributed by atoms with Gasteiger partial charge in [0.1, 0.15) is 11.6 Å². The van der Waals surface area contributed by atoms with Crippen molar-refractivity contribution >= 4 is 0 Å². The molecule has 2 aromatic carbocycles. The van der Waals surface area contributed by atoms with E-state index in [-0.39, 0.29) is 5.82 Å². The fourth-order valence-electron chi connectivity index (χ4n) is 4.50. The molecule has 0 radical (unpaired) electrons. The Balaban J connectivity index is 2.03. The summed E-state index contributed by atoms with van der Waals surface area (Å²) in [5.74, 6) is 1.74. The summed E-state index contributed by atoms with van der Waals surface area (Å²) < 4.78 is 17.6. The second-order valence-corrected chi connectivity index (χ2v) is 10.2. The highest BCUT2D eigenvalue weighted by atomic mass is 19.1. The number of benzene rings is 2. The topological polar surface area (TPSA) is 21.7 Å². The first-order valence-corrected chi connectivity index (χ1v) is 12.6. The van der Waals surface area contributed by atoms with E-state index in [1.807, 2.05) is 21.5 Å². The van der Waals surface area contributed by atoms with Crippen LogP contribution in [0.25, 0.3) is 28.2 Å². The van der Waals surface area contributed by atoms with E-state index in [2.05, 4.69) is 79.1 Å². The highest BCUT2D eigenvalue weighted by Crippen LogP contribution is 2.40. The summed E-state index contributed by atoms with van der Waals surface area (Å²) in [6, 6.07) is 15.6. The van der Waals surface area contributed by atoms with Gasteiger partial charge in [0.2, 0.25) is 6.33 Å². The van der Waals surface area contributed by atoms with Gasteiger partial charge in [-0.2, -0.15) is 0 Å². The smallest absolute Gasteiger partial charge is 0.244 e. The van der Waals surface area contributed by atoms with Gasteiger partial charge in [-0.05, 0) is 94.5 Å². The maximum atomic E-state index is 13.7. The van der Waals surface area contributed by atoms with E-state index in [0.29, 0.717) is 17.8 Å². The second kappa shape index (κ2) is 10.2. The third-order valence-electron chi connectivity index (χ3n) is 6.59. The Bertz CT molecular complexity index is 1280. The average molecular weight is 470 g/mol. The van der Waals surface area contributed by atoms with Gasteiger partial charge in [-0.1, -0.05) is 53.7 Å². The lowest BCUT2D eigenvalue weighted by Gasteiger charge is -2.24. The number of halogens is 1. The molecule has 0 N–H and O–H groups in total. The molecule has 182 valence electrons. The van der Waals surface area contributed by atoms with Crippen LogP contribution in [0.3, 0.4) is 0 Å². The van der Waals surface area contributed by atoms with Crippen LogP contribution in [0.1, 0.15) is 82.9 Å². The van der Waals surface area contributed by atoms with Gasteiger partial charge in [0.15, 0.2) is 0 Å². The molecule has 0 fully saturated rings. The molecule has 4 heteroatoms. The van der Waals surface area contributed by atoms with Crippen molar-refractivity contribution in [3.05, 3.63) is 89.8 Å². The maximum absolute atomic E-state index is 13.7. The molecule has 3 nitrogen and oxygen atoms in total. The summed E-state index contributed by atoms with van der Waals surface area (Å²) in [5.41, 5.74) is 8.19. The van der Waals surface area contributed by atoms with Gasteiger partial charge in [0.05, 0.1) is 12.2 Å². The fourth-order valence-corrected chi connectivity index (χ4v) is 4.50. The molecule has 0 aliphatic rings. The van der Waals surface area contributed by atoms with Crippen LogP contribution in [0.4, 0.5) is 4.39 Å². The SMILES string of the molecule is CC[n+]1[c-]n(-c2cc(-c3c(C(C)C)cc(C(C)C)cc3C(C)C)cc(-c3ccc(F)cc3)n2)cc1. The van der Waals surface area contributed by atoms with Crippen molar-refractivity contribution in [3.8, 4) is 28.2 Å². The number of pyridine rings is 1. The van der Waals surface area contributed by atoms with E-state index in [1.165, 1.54) is 34.4 Å². The molecule has 0 aliphatic heterocycles. The summed E-state index contributed by atoms with van der Waals surface area (Å²) in [5, 5.41) is 0. The van der Waals surface area contributed by atoms with Crippen molar-refractivity contribution in [2.75, 3.05) is 0 Å². The van der Waals surface area contributed by atoms with Gasteiger partial charge < -0.3 is 9.13 Å². The third-order valence-corrected chi connectivity index (χ3v) is 6.59. The first-order valence-electron chi connectivity index (χ1n) is 12.6. The quantitative estimate of drug-likeness (QED) is 0.200. The standard InChI is InChI=1S/C31H36FN3/c1-8-34-13-14-35(19-34)30-18-25(17-29(33-30)23-9-11-26(32)12-10-23)31-27(21(4)5)15-24(20(2)3)16-28(31)22(6)7/h9-18,20-22H,8H2,1-7H3. The molecular weight excluding hydrogens is 433 g/mol. The summed E-state index contributed by atoms with van der Waals surface area (Å²) in [6.07, 6.45) is 7.34. The average Bonchev–Trinajstić information content (AvgIpc) is 3.32. The molecule has 0 aliphatic carbocycles. The molecule has 0 spiro atoms. The third kappa shape index (κ3) is 5.22. The molecule has 0 unspecified atom stereocenters. The first kappa shape index (κ1) is 24.8. The molecule has 0 saturated heterocycles. The minimum atomic E-state index is -0.249. The minimum Gasteiger partial charge on any atom is -0.320 e. The number of hydrogen-bond acceptors (Lipinski definition) is 1. The number of imidazole rings is 1. The van der Waals surface area contributed by atoms with Gasteiger partial charge in [0.25, 0.3) is 0 Å². The summed E-state index contributed by atoms with van der Waals surface area (Å²) in [7, 11) is 0. The zero-order chi connectivity index (χ0) is 25.3. The molecule has 0 saturated carbocycles. The van der Waals surface area contributed by atoms with Crippen molar-refractivity contribution in [1.82, 2.24) is 9.55 Å². The molecular formula is C31H36FN3. The van der Waals surface area contributed by atoms with Crippen LogP contribution < -0.4 is 4.57 Å². The Morgan fingerprint density at radius 2 is 1.49 bits per heavy atom. The van der Waals surface area contributed by atoms with Crippen molar-refractivity contribution in [2.45, 2.75) is 72.8 Å². The molecule has 0 amide bonds. The van der Waals surface area contributed by atoms with Crippen LogP contribution in [0.2, 0.25) is 0 Å². The van der Waals surface area contributed by atoms with Gasteiger partial charge >= 0.3 is 0 Å². The van der Waals surface area contributed by atoms with E-state index in [1.54, 1.807) is 12.1 Å². The van der Waals surface area contributed by atoms with Crippen molar-refractivity contribution < 1.29 is 8.96 Å². The Hall–Kier alpha value is -3.27. The second-order valence-electron chi connectivity index (χ2n) is 10.2. The van der Waals surface area contributed by atoms with Gasteiger partial charge in [0, 0.05) is 12.4 Å². The normalized spacial score (nSPS) is 11.7. The molecule has 4 aromatic rings. The van der Waals surface area contributed by atoms with E-state index in [9.17, 15) is 4.39 Å². The molecule has 0 atom stereocenters. The first-order chi connectivity index (χ1) is 16.7. The van der Waals surface area contributed by atoms with E-state index in [4.69, 9.17) is 4.98 Å². The Kier molecular flexibility index (Phi) is 7.20. The molecule has 35 heavy (non-hydrogen) atoms. The molecule has 2 heterocycles. The van der Waals surface area contributed by atoms with E-state index in [0.717, 1.165) is 29.2 Å². The number of aryl methyl sites for hydroxylation is 1. The number of rotatable bonds is 7. The maximum Gasteiger partial charge on any atom is 0.244 e. The fraction of sp³-hybridized carbons (Fsp3) is 0.355. The lowest BCUT2D eigenvalue weighted by molar-refractivity contribution is -0.696. The van der Waals surface area contributed by atoms with Gasteiger partial charge in [-0.15, -0.1) is 0 Å². The van der Waals surface area contributed by atoms with Crippen molar-refractivity contribution in [3.63, 3.8) is 0 Å². The zero-order valence-corrected chi connectivity index (χ0v) is 21.9. The molecule has 0 bridgehead atoms. The Morgan fingerprint density at radius 1 is 0.857 bits per heavy atom. The van der Waals surface area contributed by atoms with Gasteiger partial charge in [-0.25, -0.2) is 4.39 Å².